The fourth-order valence-electron chi connectivity index (χ4n) is 3.18. The molecule has 2 unspecified atom stereocenters. The lowest BCUT2D eigenvalue weighted by atomic mass is 9.85. The molecule has 0 saturated heterocycles. The van der Waals surface area contributed by atoms with Gasteiger partial charge in [-0.1, -0.05) is 54.6 Å². The first-order chi connectivity index (χ1) is 9.90. The zero-order chi connectivity index (χ0) is 13.8. The topological polar surface area (TPSA) is 21.3 Å². The highest BCUT2D eigenvalue weighted by Crippen LogP contribution is 2.38. The lowest BCUT2D eigenvalue weighted by molar-refractivity contribution is 0.0763. The van der Waals surface area contributed by atoms with Crippen molar-refractivity contribution in [1.82, 2.24) is 5.32 Å². The zero-order valence-electron chi connectivity index (χ0n) is 11.9. The third-order valence-electron chi connectivity index (χ3n) is 4.15. The lowest BCUT2D eigenvalue weighted by Gasteiger charge is -2.27. The van der Waals surface area contributed by atoms with Crippen molar-refractivity contribution in [2.45, 2.75) is 25.0 Å². The second-order valence-electron chi connectivity index (χ2n) is 5.34. The van der Waals surface area contributed by atoms with Gasteiger partial charge in [0.25, 0.3) is 0 Å². The number of benzene rings is 2. The molecule has 0 aromatic heterocycles. The molecule has 0 radical (unpaired) electrons. The van der Waals surface area contributed by atoms with E-state index in [2.05, 4.69) is 59.9 Å². The summed E-state index contributed by atoms with van der Waals surface area (Å²) >= 11 is 0. The molecular weight excluding hydrogens is 246 g/mol. The molecule has 3 rings (SSSR count). The third-order valence-corrected chi connectivity index (χ3v) is 4.15. The van der Waals surface area contributed by atoms with Gasteiger partial charge in [-0.05, 0) is 29.7 Å². The molecule has 2 aromatic carbocycles. The van der Waals surface area contributed by atoms with Crippen molar-refractivity contribution in [3.63, 3.8) is 0 Å². The molecule has 1 aliphatic rings. The van der Waals surface area contributed by atoms with Gasteiger partial charge < -0.3 is 10.1 Å². The Morgan fingerprint density at radius 3 is 2.60 bits per heavy atom. The molecule has 104 valence electrons. The van der Waals surface area contributed by atoms with E-state index in [1.165, 1.54) is 16.7 Å². The van der Waals surface area contributed by atoms with Gasteiger partial charge in [-0.2, -0.15) is 0 Å². The first-order valence-corrected chi connectivity index (χ1v) is 7.26. The molecule has 1 N–H and O–H groups in total. The number of nitrogens with one attached hydrogen (secondary N) is 1. The zero-order valence-corrected chi connectivity index (χ0v) is 11.9. The Bertz CT molecular complexity index is 552. The van der Waals surface area contributed by atoms with Crippen molar-refractivity contribution >= 4 is 0 Å². The molecule has 0 fully saturated rings. The monoisotopic (exact) mass is 267 g/mol. The van der Waals surface area contributed by atoms with E-state index >= 15 is 0 Å². The average molecular weight is 267 g/mol. The lowest BCUT2D eigenvalue weighted by Crippen LogP contribution is -2.16. The van der Waals surface area contributed by atoms with Crippen LogP contribution >= 0.6 is 0 Å². The molecule has 20 heavy (non-hydrogen) atoms. The summed E-state index contributed by atoms with van der Waals surface area (Å²) in [6.07, 6.45) is 1.22. The standard InChI is InChI=1S/C18H21NO/c1-20-18(14-7-3-2-4-8-14)17-11-12-19-13-15-9-5-6-10-16(15)17/h2-10,17-19H,11-13H2,1H3. The molecule has 0 aliphatic carbocycles. The van der Waals surface area contributed by atoms with Crippen molar-refractivity contribution < 1.29 is 4.74 Å². The summed E-state index contributed by atoms with van der Waals surface area (Å²) in [7, 11) is 1.82. The number of hydrogen-bond donors (Lipinski definition) is 1. The highest BCUT2D eigenvalue weighted by Gasteiger charge is 2.27. The summed E-state index contributed by atoms with van der Waals surface area (Å²) in [5.74, 6) is 0.411. The minimum absolute atomic E-state index is 0.122. The predicted octanol–water partition coefficient (Wildman–Crippen LogP) is 3.65. The van der Waals surface area contributed by atoms with E-state index in [-0.39, 0.29) is 6.10 Å². The van der Waals surface area contributed by atoms with Crippen molar-refractivity contribution in [1.29, 1.82) is 0 Å². The van der Waals surface area contributed by atoms with Crippen LogP contribution in [0.15, 0.2) is 54.6 Å². The maximum atomic E-state index is 5.86. The van der Waals surface area contributed by atoms with E-state index in [0.717, 1.165) is 19.5 Å². The van der Waals surface area contributed by atoms with Crippen LogP contribution in [0.3, 0.4) is 0 Å². The second kappa shape index (κ2) is 6.21. The molecule has 0 amide bonds. The van der Waals surface area contributed by atoms with Gasteiger partial charge in [0, 0.05) is 19.6 Å². The number of hydrogen-bond acceptors (Lipinski definition) is 2. The number of rotatable bonds is 3. The van der Waals surface area contributed by atoms with Crippen LogP contribution in [0.25, 0.3) is 0 Å². The highest BCUT2D eigenvalue weighted by molar-refractivity contribution is 5.34. The normalized spacial score (nSPS) is 19.9. The largest absolute Gasteiger partial charge is 0.376 e. The molecule has 1 aliphatic heterocycles. The van der Waals surface area contributed by atoms with Crippen LogP contribution in [-0.2, 0) is 11.3 Å². The Morgan fingerprint density at radius 1 is 1.05 bits per heavy atom. The van der Waals surface area contributed by atoms with E-state index in [4.69, 9.17) is 4.74 Å². The molecule has 0 bridgehead atoms. The van der Waals surface area contributed by atoms with Gasteiger partial charge in [0.05, 0.1) is 6.10 Å². The predicted molar refractivity (Wildman–Crippen MR) is 81.7 cm³/mol. The minimum Gasteiger partial charge on any atom is -0.376 e. The van der Waals surface area contributed by atoms with Crippen LogP contribution in [0.5, 0.6) is 0 Å². The van der Waals surface area contributed by atoms with E-state index in [9.17, 15) is 0 Å². The minimum atomic E-state index is 0.122. The van der Waals surface area contributed by atoms with Crippen LogP contribution in [0, 0.1) is 0 Å². The number of methoxy groups -OCH3 is 1. The van der Waals surface area contributed by atoms with Crippen LogP contribution in [0.1, 0.15) is 35.1 Å². The summed E-state index contributed by atoms with van der Waals surface area (Å²) in [4.78, 5) is 0. The Labute approximate surface area is 120 Å². The van der Waals surface area contributed by atoms with Gasteiger partial charge in [-0.3, -0.25) is 0 Å². The number of fused-ring (bicyclic) bond motifs is 1. The van der Waals surface area contributed by atoms with Crippen LogP contribution in [-0.4, -0.2) is 13.7 Å². The van der Waals surface area contributed by atoms with Crippen molar-refractivity contribution in [2.24, 2.45) is 0 Å². The molecule has 2 aromatic rings. The maximum Gasteiger partial charge on any atom is 0.0890 e. The Morgan fingerprint density at radius 2 is 1.80 bits per heavy atom. The van der Waals surface area contributed by atoms with E-state index < -0.39 is 0 Å². The summed E-state index contributed by atoms with van der Waals surface area (Å²) in [5, 5.41) is 3.51. The van der Waals surface area contributed by atoms with Gasteiger partial charge in [-0.25, -0.2) is 0 Å². The van der Waals surface area contributed by atoms with E-state index in [1.807, 2.05) is 7.11 Å². The van der Waals surface area contributed by atoms with Gasteiger partial charge in [0.1, 0.15) is 0 Å². The molecular formula is C18H21NO. The Balaban J connectivity index is 1.99. The first-order valence-electron chi connectivity index (χ1n) is 7.26. The third kappa shape index (κ3) is 2.62. The Hall–Kier alpha value is -1.64. The van der Waals surface area contributed by atoms with Crippen LogP contribution < -0.4 is 5.32 Å². The van der Waals surface area contributed by atoms with Crippen molar-refractivity contribution in [2.75, 3.05) is 13.7 Å². The number of ether oxygens (including phenoxy) is 1. The summed E-state index contributed by atoms with van der Waals surface area (Å²) in [5.41, 5.74) is 4.08. The van der Waals surface area contributed by atoms with Gasteiger partial charge in [0.2, 0.25) is 0 Å². The molecule has 0 spiro atoms. The SMILES string of the molecule is COC(c1ccccc1)C1CCNCc2ccccc21. The fraction of sp³-hybridized carbons (Fsp3) is 0.333. The maximum absolute atomic E-state index is 5.86. The summed E-state index contributed by atoms with van der Waals surface area (Å²) in [6.45, 7) is 1.99. The molecule has 0 saturated carbocycles. The Kier molecular flexibility index (Phi) is 4.14. The van der Waals surface area contributed by atoms with Crippen molar-refractivity contribution in [3.8, 4) is 0 Å². The van der Waals surface area contributed by atoms with Crippen LogP contribution in [0.4, 0.5) is 0 Å². The summed E-state index contributed by atoms with van der Waals surface area (Å²) in [6, 6.07) is 19.3. The van der Waals surface area contributed by atoms with E-state index in [0.29, 0.717) is 5.92 Å². The second-order valence-corrected chi connectivity index (χ2v) is 5.34. The van der Waals surface area contributed by atoms with Crippen LogP contribution in [0.2, 0.25) is 0 Å². The first kappa shape index (κ1) is 13.3. The van der Waals surface area contributed by atoms with Gasteiger partial charge in [-0.15, -0.1) is 0 Å². The van der Waals surface area contributed by atoms with E-state index in [1.54, 1.807) is 0 Å². The molecule has 2 atom stereocenters. The van der Waals surface area contributed by atoms with Gasteiger partial charge >= 0.3 is 0 Å². The quantitative estimate of drug-likeness (QED) is 0.916. The fourth-order valence-corrected chi connectivity index (χ4v) is 3.18. The molecule has 2 nitrogen and oxygen atoms in total. The van der Waals surface area contributed by atoms with Crippen molar-refractivity contribution in [3.05, 3.63) is 71.3 Å². The smallest absolute Gasteiger partial charge is 0.0890 e. The van der Waals surface area contributed by atoms with Gasteiger partial charge in [0.15, 0.2) is 0 Å². The molecule has 1 heterocycles. The highest BCUT2D eigenvalue weighted by atomic mass is 16.5. The molecule has 2 heteroatoms. The summed E-state index contributed by atoms with van der Waals surface area (Å²) < 4.78 is 5.86. The average Bonchev–Trinajstić information content (AvgIpc) is 2.72.